The summed E-state index contributed by atoms with van der Waals surface area (Å²) in [7, 11) is 0. The predicted molar refractivity (Wildman–Crippen MR) is 134 cm³/mol. The zero-order valence-electron chi connectivity index (χ0n) is 19.1. The summed E-state index contributed by atoms with van der Waals surface area (Å²) in [6, 6.07) is 22.7. The van der Waals surface area contributed by atoms with Crippen molar-refractivity contribution in [1.29, 1.82) is 0 Å². The van der Waals surface area contributed by atoms with E-state index in [1.807, 2.05) is 31.2 Å². The molecule has 0 spiro atoms. The maximum atomic E-state index is 13.0. The van der Waals surface area contributed by atoms with Gasteiger partial charge in [0.1, 0.15) is 12.5 Å². The third kappa shape index (κ3) is 4.03. The van der Waals surface area contributed by atoms with E-state index in [4.69, 9.17) is 9.47 Å². The molecule has 0 aliphatic carbocycles. The molecule has 0 N–H and O–H groups in total. The van der Waals surface area contributed by atoms with Gasteiger partial charge in [-0.3, -0.25) is 9.79 Å². The molecule has 3 aromatic rings. The Labute approximate surface area is 202 Å². The van der Waals surface area contributed by atoms with Crippen LogP contribution in [0.4, 0.5) is 0 Å². The van der Waals surface area contributed by atoms with Gasteiger partial charge in [0.25, 0.3) is 0 Å². The van der Waals surface area contributed by atoms with Crippen LogP contribution in [0.5, 0.6) is 0 Å². The quantitative estimate of drug-likeness (QED) is 0.342. The second kappa shape index (κ2) is 9.47. The second-order valence-electron chi connectivity index (χ2n) is 8.36. The molecule has 172 valence electrons. The van der Waals surface area contributed by atoms with Gasteiger partial charge in [0.15, 0.2) is 0 Å². The van der Waals surface area contributed by atoms with Crippen molar-refractivity contribution in [3.63, 3.8) is 0 Å². The molecule has 6 heteroatoms. The van der Waals surface area contributed by atoms with Gasteiger partial charge in [-0.25, -0.2) is 4.79 Å². The van der Waals surface area contributed by atoms with Crippen molar-refractivity contribution >= 4 is 40.2 Å². The van der Waals surface area contributed by atoms with Gasteiger partial charge in [0, 0.05) is 22.3 Å². The van der Waals surface area contributed by atoms with E-state index in [0.717, 1.165) is 16.2 Å². The van der Waals surface area contributed by atoms with E-state index in [2.05, 4.69) is 47.5 Å². The van der Waals surface area contributed by atoms with E-state index in [9.17, 15) is 9.59 Å². The Kier molecular flexibility index (Phi) is 6.24. The Balaban J connectivity index is 1.54. The van der Waals surface area contributed by atoms with Crippen LogP contribution >= 0.6 is 11.8 Å². The number of carbonyl (C=O) groups is 2. The molecule has 5 nitrogen and oxygen atoms in total. The number of carbonyl (C=O) groups excluding carboxylic acids is 2. The number of fused-ring (bicyclic) bond motifs is 1. The van der Waals surface area contributed by atoms with Crippen LogP contribution in [0, 0.1) is 5.92 Å². The molecule has 0 aromatic heterocycles. The number of esters is 2. The molecular weight excluding hydrogens is 446 g/mol. The number of hydrogen-bond donors (Lipinski definition) is 0. The van der Waals surface area contributed by atoms with Crippen molar-refractivity contribution in [3.8, 4) is 0 Å². The molecule has 5 rings (SSSR count). The fraction of sp³-hybridized carbons (Fsp3) is 0.250. The lowest BCUT2D eigenvalue weighted by atomic mass is 9.76. The number of nitrogens with zero attached hydrogens (tertiary/aromatic N) is 1. The molecule has 2 aliphatic rings. The molecule has 0 saturated heterocycles. The monoisotopic (exact) mass is 471 g/mol. The van der Waals surface area contributed by atoms with Crippen molar-refractivity contribution in [3.05, 3.63) is 89.1 Å². The van der Waals surface area contributed by atoms with Crippen LogP contribution in [0.2, 0.25) is 0 Å². The van der Waals surface area contributed by atoms with E-state index < -0.39 is 17.8 Å². The first kappa shape index (κ1) is 22.4. The molecule has 34 heavy (non-hydrogen) atoms. The highest BCUT2D eigenvalue weighted by atomic mass is 32.2. The Morgan fingerprint density at radius 2 is 1.85 bits per heavy atom. The molecule has 0 bridgehead atoms. The fourth-order valence-corrected chi connectivity index (χ4v) is 5.91. The van der Waals surface area contributed by atoms with Gasteiger partial charge in [-0.15, -0.1) is 11.8 Å². The first-order valence-corrected chi connectivity index (χ1v) is 12.4. The number of benzene rings is 3. The molecule has 2 atom stereocenters. The lowest BCUT2D eigenvalue weighted by Gasteiger charge is -2.30. The molecule has 0 saturated carbocycles. The molecule has 0 radical (unpaired) electrons. The molecule has 2 aliphatic heterocycles. The van der Waals surface area contributed by atoms with Crippen LogP contribution in [0.3, 0.4) is 0 Å². The van der Waals surface area contributed by atoms with Crippen LogP contribution in [-0.4, -0.2) is 30.9 Å². The highest BCUT2D eigenvalue weighted by molar-refractivity contribution is 7.98. The number of rotatable bonds is 6. The van der Waals surface area contributed by atoms with Gasteiger partial charge in [-0.1, -0.05) is 60.7 Å². The fourth-order valence-electron chi connectivity index (χ4n) is 4.81. The summed E-state index contributed by atoms with van der Waals surface area (Å²) in [5.74, 6) is -1.16. The molecule has 0 amide bonds. The van der Waals surface area contributed by atoms with E-state index in [0.29, 0.717) is 17.0 Å². The summed E-state index contributed by atoms with van der Waals surface area (Å²) in [5, 5.41) is 2.43. The maximum Gasteiger partial charge on any atom is 0.337 e. The van der Waals surface area contributed by atoms with Crippen molar-refractivity contribution in [2.24, 2.45) is 10.9 Å². The van der Waals surface area contributed by atoms with E-state index in [1.165, 1.54) is 16.3 Å². The van der Waals surface area contributed by atoms with Crippen LogP contribution in [0.1, 0.15) is 30.9 Å². The van der Waals surface area contributed by atoms with E-state index in [1.54, 1.807) is 18.7 Å². The highest BCUT2D eigenvalue weighted by Crippen LogP contribution is 2.45. The third-order valence-corrected chi connectivity index (χ3v) is 7.47. The van der Waals surface area contributed by atoms with Gasteiger partial charge in [-0.05, 0) is 41.8 Å². The van der Waals surface area contributed by atoms with Crippen LogP contribution in [-0.2, 0) is 24.8 Å². The molecule has 3 aromatic carbocycles. The molecular formula is C28H25NO4S. The normalized spacial score (nSPS) is 19.6. The largest absolute Gasteiger partial charge is 0.465 e. The van der Waals surface area contributed by atoms with Gasteiger partial charge in [-0.2, -0.15) is 0 Å². The topological polar surface area (TPSA) is 65.0 Å². The summed E-state index contributed by atoms with van der Waals surface area (Å²) in [6.45, 7) is 4.02. The first-order valence-electron chi connectivity index (χ1n) is 11.4. The molecule has 2 heterocycles. The highest BCUT2D eigenvalue weighted by Gasteiger charge is 2.46. The van der Waals surface area contributed by atoms with Crippen molar-refractivity contribution in [1.82, 2.24) is 0 Å². The minimum Gasteiger partial charge on any atom is -0.465 e. The Hall–Kier alpha value is -3.38. The zero-order valence-corrected chi connectivity index (χ0v) is 19.9. The molecule has 2 unspecified atom stereocenters. The smallest absolute Gasteiger partial charge is 0.337 e. The maximum absolute atomic E-state index is 13.0. The summed E-state index contributed by atoms with van der Waals surface area (Å²) in [5.41, 5.74) is 3.89. The first-order chi connectivity index (χ1) is 16.6. The number of aliphatic imine (C=N–C) groups is 1. The van der Waals surface area contributed by atoms with Crippen LogP contribution < -0.4 is 0 Å². The third-order valence-electron chi connectivity index (χ3n) is 6.33. The predicted octanol–water partition coefficient (Wildman–Crippen LogP) is 5.68. The second-order valence-corrected chi connectivity index (χ2v) is 9.38. The van der Waals surface area contributed by atoms with Crippen LogP contribution in [0.15, 0.2) is 87.9 Å². The average molecular weight is 472 g/mol. The Morgan fingerprint density at radius 1 is 1.09 bits per heavy atom. The summed E-state index contributed by atoms with van der Waals surface area (Å²) >= 11 is 1.71. The average Bonchev–Trinajstić information content (AvgIpc) is 3.22. The number of cyclic esters (lactones) is 1. The Morgan fingerprint density at radius 3 is 2.71 bits per heavy atom. The van der Waals surface area contributed by atoms with E-state index >= 15 is 0 Å². The molecule has 0 fully saturated rings. The van der Waals surface area contributed by atoms with Gasteiger partial charge >= 0.3 is 11.9 Å². The summed E-state index contributed by atoms with van der Waals surface area (Å²) in [6.07, 6.45) is 0. The number of thioether (sulfide) groups is 1. The number of ether oxygens (including phenoxy) is 2. The van der Waals surface area contributed by atoms with Crippen molar-refractivity contribution < 1.29 is 19.1 Å². The summed E-state index contributed by atoms with van der Waals surface area (Å²) in [4.78, 5) is 31.4. The van der Waals surface area contributed by atoms with Gasteiger partial charge < -0.3 is 9.47 Å². The van der Waals surface area contributed by atoms with Gasteiger partial charge in [0.2, 0.25) is 0 Å². The van der Waals surface area contributed by atoms with Crippen molar-refractivity contribution in [2.75, 3.05) is 13.2 Å². The zero-order chi connectivity index (χ0) is 23.7. The van der Waals surface area contributed by atoms with Gasteiger partial charge in [0.05, 0.1) is 17.9 Å². The SMILES string of the molecule is CCOC(=O)C1C(C)=NC2=C(C(=O)OC2)C1c1ccccc1SCc1cccc2ccccc12. The lowest BCUT2D eigenvalue weighted by Crippen LogP contribution is -2.35. The standard InChI is InChI=1S/C28H25NO4S/c1-3-32-27(30)24-17(2)29-22-15-33-28(31)26(22)25(24)21-13-6-7-14-23(21)34-16-19-11-8-10-18-9-4-5-12-20(18)19/h4-14,24-25H,3,15-16H2,1-2H3. The number of hydrogen-bond acceptors (Lipinski definition) is 6. The summed E-state index contributed by atoms with van der Waals surface area (Å²) < 4.78 is 10.7. The minimum atomic E-state index is -0.663. The lowest BCUT2D eigenvalue weighted by molar-refractivity contribution is -0.146. The van der Waals surface area contributed by atoms with Crippen molar-refractivity contribution in [2.45, 2.75) is 30.4 Å². The Bertz CT molecular complexity index is 1340. The van der Waals surface area contributed by atoms with E-state index in [-0.39, 0.29) is 19.2 Å². The van der Waals surface area contributed by atoms with Crippen LogP contribution in [0.25, 0.3) is 10.8 Å². The minimum absolute atomic E-state index is 0.142.